The largest absolute Gasteiger partial charge is 0.463 e. The predicted molar refractivity (Wildman–Crippen MR) is 110 cm³/mol. The van der Waals surface area contributed by atoms with Crippen LogP contribution in [-0.4, -0.2) is 91.2 Å². The summed E-state index contributed by atoms with van der Waals surface area (Å²) in [5, 5.41) is 0. The van der Waals surface area contributed by atoms with Crippen LogP contribution < -0.4 is 0 Å². The van der Waals surface area contributed by atoms with E-state index in [1.165, 1.54) is 0 Å². The normalized spacial score (nSPS) is 10.7. The maximum absolute atomic E-state index is 11.4. The summed E-state index contributed by atoms with van der Waals surface area (Å²) in [6.07, 6.45) is 4.60. The van der Waals surface area contributed by atoms with Crippen molar-refractivity contribution in [3.63, 3.8) is 0 Å². The van der Waals surface area contributed by atoms with Gasteiger partial charge in [0.15, 0.2) is 0 Å². The van der Waals surface area contributed by atoms with Gasteiger partial charge in [-0.05, 0) is 6.42 Å². The number of carbonyl (C=O) groups excluding carboxylic acids is 2. The van der Waals surface area contributed by atoms with Crippen LogP contribution >= 0.6 is 0 Å². The van der Waals surface area contributed by atoms with Gasteiger partial charge < -0.3 is 33.2 Å². The minimum atomic E-state index is -0.459. The summed E-state index contributed by atoms with van der Waals surface area (Å²) in [7, 11) is 0. The molecule has 0 saturated heterocycles. The van der Waals surface area contributed by atoms with Gasteiger partial charge in [-0.2, -0.15) is 0 Å². The van der Waals surface area contributed by atoms with Crippen LogP contribution in [0.4, 0.5) is 0 Å². The van der Waals surface area contributed by atoms with E-state index in [4.69, 9.17) is 33.2 Å². The molecule has 9 nitrogen and oxygen atoms in total. The van der Waals surface area contributed by atoms with Gasteiger partial charge in [-0.3, -0.25) is 4.79 Å². The second-order valence-corrected chi connectivity index (χ2v) is 6.11. The van der Waals surface area contributed by atoms with Crippen molar-refractivity contribution in [1.82, 2.24) is 0 Å². The first-order valence-electron chi connectivity index (χ1n) is 10.5. The lowest BCUT2D eigenvalue weighted by Crippen LogP contribution is -2.15. The fourth-order valence-electron chi connectivity index (χ4n) is 2.05. The number of carbonyl (C=O) groups is 2. The highest BCUT2D eigenvalue weighted by molar-refractivity contribution is 5.81. The molecule has 0 atom stereocenters. The Balaban J connectivity index is 3.10. The van der Waals surface area contributed by atoms with Crippen LogP contribution in [0.25, 0.3) is 0 Å². The summed E-state index contributed by atoms with van der Waals surface area (Å²) >= 11 is 0. The molecule has 0 amide bonds. The SMILES string of the molecule is C=CC(=O)OCCOCCOCCOCCOCCOCCOC(=O)CCCCC. The van der Waals surface area contributed by atoms with Crippen LogP contribution in [0.1, 0.15) is 32.6 Å². The maximum Gasteiger partial charge on any atom is 0.330 e. The van der Waals surface area contributed by atoms with Crippen LogP contribution in [0, 0.1) is 0 Å². The fourth-order valence-corrected chi connectivity index (χ4v) is 2.05. The van der Waals surface area contributed by atoms with Crippen LogP contribution in [0.2, 0.25) is 0 Å². The maximum atomic E-state index is 11.4. The highest BCUT2D eigenvalue weighted by Crippen LogP contribution is 2.00. The summed E-state index contributed by atoms with van der Waals surface area (Å²) in [6.45, 7) is 10.2. The summed E-state index contributed by atoms with van der Waals surface area (Å²) in [5.41, 5.74) is 0. The quantitative estimate of drug-likeness (QED) is 0.136. The topological polar surface area (TPSA) is 98.8 Å². The van der Waals surface area contributed by atoms with Crippen molar-refractivity contribution in [2.24, 2.45) is 0 Å². The lowest BCUT2D eigenvalue weighted by atomic mass is 10.2. The minimum absolute atomic E-state index is 0.163. The molecule has 0 aliphatic carbocycles. The van der Waals surface area contributed by atoms with E-state index in [2.05, 4.69) is 13.5 Å². The monoisotopic (exact) mass is 434 g/mol. The molecule has 0 aromatic carbocycles. The molecule has 0 spiro atoms. The Morgan fingerprint density at radius 2 is 1.03 bits per heavy atom. The Labute approximate surface area is 179 Å². The molecule has 9 heteroatoms. The molecule has 0 unspecified atom stereocenters. The van der Waals surface area contributed by atoms with E-state index in [0.717, 1.165) is 25.3 Å². The molecular formula is C21H38O9. The highest BCUT2D eigenvalue weighted by atomic mass is 16.6. The van der Waals surface area contributed by atoms with E-state index in [-0.39, 0.29) is 19.2 Å². The highest BCUT2D eigenvalue weighted by Gasteiger charge is 2.01. The van der Waals surface area contributed by atoms with Crippen molar-refractivity contribution in [3.05, 3.63) is 12.7 Å². The van der Waals surface area contributed by atoms with E-state index >= 15 is 0 Å². The first-order valence-corrected chi connectivity index (χ1v) is 10.5. The summed E-state index contributed by atoms with van der Waals surface area (Å²) < 4.78 is 36.5. The molecule has 0 bridgehead atoms. The second kappa shape index (κ2) is 23.8. The zero-order chi connectivity index (χ0) is 22.1. The fraction of sp³-hybridized carbons (Fsp3) is 0.810. The van der Waals surface area contributed by atoms with E-state index in [9.17, 15) is 9.59 Å². The van der Waals surface area contributed by atoms with Gasteiger partial charge in [-0.1, -0.05) is 26.3 Å². The summed E-state index contributed by atoms with van der Waals surface area (Å²) in [4.78, 5) is 22.1. The first kappa shape index (κ1) is 28.5. The molecule has 0 heterocycles. The Kier molecular flexibility index (Phi) is 22.6. The molecule has 0 radical (unpaired) electrons. The molecular weight excluding hydrogens is 396 g/mol. The summed E-state index contributed by atoms with van der Waals surface area (Å²) in [5.74, 6) is -0.622. The number of ether oxygens (including phenoxy) is 7. The molecule has 0 aliphatic heterocycles. The Bertz CT molecular complexity index is 415. The molecule has 0 aromatic rings. The van der Waals surface area contributed by atoms with Crippen molar-refractivity contribution >= 4 is 11.9 Å². The Hall–Kier alpha value is -1.52. The number of rotatable bonds is 23. The van der Waals surface area contributed by atoms with Crippen LogP contribution in [-0.2, 0) is 42.7 Å². The van der Waals surface area contributed by atoms with E-state index in [0.29, 0.717) is 72.5 Å². The molecule has 176 valence electrons. The van der Waals surface area contributed by atoms with Gasteiger partial charge in [0.05, 0.1) is 66.1 Å². The van der Waals surface area contributed by atoms with Crippen molar-refractivity contribution in [2.75, 3.05) is 79.3 Å². The molecule has 0 rings (SSSR count). The van der Waals surface area contributed by atoms with Crippen LogP contribution in [0.5, 0.6) is 0 Å². The molecule has 0 fully saturated rings. The third-order valence-corrected chi connectivity index (χ3v) is 3.60. The number of esters is 2. The van der Waals surface area contributed by atoms with Gasteiger partial charge in [0.25, 0.3) is 0 Å². The van der Waals surface area contributed by atoms with Crippen molar-refractivity contribution < 1.29 is 42.7 Å². The molecule has 0 saturated carbocycles. The van der Waals surface area contributed by atoms with Gasteiger partial charge >= 0.3 is 11.9 Å². The minimum Gasteiger partial charge on any atom is -0.463 e. The van der Waals surface area contributed by atoms with Gasteiger partial charge in [0, 0.05) is 12.5 Å². The summed E-state index contributed by atoms with van der Waals surface area (Å²) in [6, 6.07) is 0. The van der Waals surface area contributed by atoms with Gasteiger partial charge in [-0.25, -0.2) is 4.79 Å². The number of hydrogen-bond acceptors (Lipinski definition) is 9. The lowest BCUT2D eigenvalue weighted by molar-refractivity contribution is -0.145. The Morgan fingerprint density at radius 1 is 0.633 bits per heavy atom. The third kappa shape index (κ3) is 22.8. The first-order chi connectivity index (χ1) is 14.7. The van der Waals surface area contributed by atoms with Crippen LogP contribution in [0.15, 0.2) is 12.7 Å². The number of hydrogen-bond donors (Lipinski definition) is 0. The zero-order valence-electron chi connectivity index (χ0n) is 18.3. The molecule has 30 heavy (non-hydrogen) atoms. The number of unbranched alkanes of at least 4 members (excludes halogenated alkanes) is 2. The van der Waals surface area contributed by atoms with E-state index in [1.54, 1.807) is 0 Å². The predicted octanol–water partition coefficient (Wildman–Crippen LogP) is 1.92. The lowest BCUT2D eigenvalue weighted by Gasteiger charge is -2.08. The van der Waals surface area contributed by atoms with E-state index in [1.807, 2.05) is 0 Å². The van der Waals surface area contributed by atoms with Crippen molar-refractivity contribution in [3.8, 4) is 0 Å². The molecule has 0 aromatic heterocycles. The van der Waals surface area contributed by atoms with E-state index < -0.39 is 5.97 Å². The standard InChI is InChI=1S/C21H38O9/c1-3-5-6-7-21(23)30-19-17-28-15-13-26-11-9-24-8-10-25-12-14-27-16-18-29-20(22)4-2/h4H,2-3,5-19H2,1H3. The van der Waals surface area contributed by atoms with Crippen molar-refractivity contribution in [1.29, 1.82) is 0 Å². The molecule has 0 aliphatic rings. The average molecular weight is 435 g/mol. The van der Waals surface area contributed by atoms with Crippen LogP contribution in [0.3, 0.4) is 0 Å². The third-order valence-electron chi connectivity index (χ3n) is 3.60. The van der Waals surface area contributed by atoms with Gasteiger partial charge in [0.1, 0.15) is 13.2 Å². The van der Waals surface area contributed by atoms with Gasteiger partial charge in [-0.15, -0.1) is 0 Å². The average Bonchev–Trinajstić information content (AvgIpc) is 2.75. The Morgan fingerprint density at radius 3 is 1.43 bits per heavy atom. The second-order valence-electron chi connectivity index (χ2n) is 6.11. The zero-order valence-corrected chi connectivity index (χ0v) is 18.3. The smallest absolute Gasteiger partial charge is 0.330 e. The van der Waals surface area contributed by atoms with Gasteiger partial charge in [0.2, 0.25) is 0 Å². The van der Waals surface area contributed by atoms with Crippen molar-refractivity contribution in [2.45, 2.75) is 32.6 Å². The molecule has 0 N–H and O–H groups in total.